The van der Waals surface area contributed by atoms with Crippen LogP contribution >= 0.6 is 23.4 Å². The number of fused-ring (bicyclic) bond motifs is 1. The average molecular weight is 497 g/mol. The van der Waals surface area contributed by atoms with Gasteiger partial charge in [-0.15, -0.1) is 0 Å². The molecule has 4 aromatic rings. The number of aromatic nitrogens is 2. The fraction of sp³-hybridized carbons (Fsp3) is 0.167. The molecule has 0 saturated heterocycles. The van der Waals surface area contributed by atoms with Crippen LogP contribution in [-0.4, -0.2) is 27.2 Å². The normalized spacial score (nSPS) is 10.9. The monoisotopic (exact) mass is 496 g/mol. The highest BCUT2D eigenvalue weighted by Gasteiger charge is 2.15. The van der Waals surface area contributed by atoms with Gasteiger partial charge in [-0.05, 0) is 35.9 Å². The van der Waals surface area contributed by atoms with E-state index in [1.165, 1.54) is 22.6 Å². The number of carbonyl (C=O) groups is 2. The Morgan fingerprint density at radius 3 is 2.68 bits per heavy atom. The van der Waals surface area contributed by atoms with Crippen molar-refractivity contribution in [3.8, 4) is 0 Å². The Kier molecular flexibility index (Phi) is 7.66. The second-order valence-electron chi connectivity index (χ2n) is 7.34. The summed E-state index contributed by atoms with van der Waals surface area (Å²) >= 11 is 7.32. The number of hydrogen-bond donors (Lipinski definition) is 2. The van der Waals surface area contributed by atoms with E-state index in [2.05, 4.69) is 15.6 Å². The summed E-state index contributed by atoms with van der Waals surface area (Å²) in [6.45, 7) is 0.519. The summed E-state index contributed by atoms with van der Waals surface area (Å²) < 4.78 is 6.90. The highest BCUT2D eigenvalue weighted by atomic mass is 35.5. The van der Waals surface area contributed by atoms with Gasteiger partial charge in [0, 0.05) is 23.7 Å². The number of furan rings is 1. The summed E-state index contributed by atoms with van der Waals surface area (Å²) in [6, 6.07) is 17.3. The minimum atomic E-state index is -0.563. The third-order valence-corrected chi connectivity index (χ3v) is 6.10. The number of halogens is 1. The van der Waals surface area contributed by atoms with E-state index in [4.69, 9.17) is 16.0 Å². The summed E-state index contributed by atoms with van der Waals surface area (Å²) in [5.74, 6) is 0.489. The number of benzene rings is 2. The average Bonchev–Trinajstić information content (AvgIpc) is 3.34. The molecule has 0 radical (unpaired) electrons. The van der Waals surface area contributed by atoms with E-state index < -0.39 is 11.9 Å². The Balaban J connectivity index is 1.40. The van der Waals surface area contributed by atoms with Gasteiger partial charge in [0.1, 0.15) is 5.76 Å². The molecule has 0 spiro atoms. The first-order chi connectivity index (χ1) is 16.5. The van der Waals surface area contributed by atoms with Crippen LogP contribution < -0.4 is 16.2 Å². The Morgan fingerprint density at radius 1 is 1.09 bits per heavy atom. The molecule has 0 atom stereocenters. The molecule has 0 saturated carbocycles. The van der Waals surface area contributed by atoms with Crippen molar-refractivity contribution in [1.82, 2.24) is 20.2 Å². The minimum Gasteiger partial charge on any atom is -0.467 e. The van der Waals surface area contributed by atoms with E-state index in [-0.39, 0.29) is 18.5 Å². The third-order valence-electron chi connectivity index (χ3n) is 4.89. The molecule has 0 aliphatic rings. The number of nitrogens with one attached hydrogen (secondary N) is 2. The number of nitrogens with zero attached hydrogens (tertiary/aromatic N) is 2. The SMILES string of the molecule is O=C(CCSc1nc2cc(Cl)ccc2c(=O)n1Cc1ccco1)NC(=O)NCc1ccccc1. The zero-order valence-corrected chi connectivity index (χ0v) is 19.6. The van der Waals surface area contributed by atoms with Crippen LogP contribution in [0.3, 0.4) is 0 Å². The molecular formula is C24H21ClN4O4S. The molecule has 2 aromatic carbocycles. The lowest BCUT2D eigenvalue weighted by Crippen LogP contribution is -2.39. The van der Waals surface area contributed by atoms with Crippen molar-refractivity contribution in [2.45, 2.75) is 24.7 Å². The van der Waals surface area contributed by atoms with Gasteiger partial charge in [-0.1, -0.05) is 53.7 Å². The van der Waals surface area contributed by atoms with Crippen molar-refractivity contribution >= 4 is 46.2 Å². The number of carbonyl (C=O) groups excluding carboxylic acids is 2. The van der Waals surface area contributed by atoms with Crippen LogP contribution in [0.15, 0.2) is 81.3 Å². The molecule has 0 bridgehead atoms. The van der Waals surface area contributed by atoms with Crippen molar-refractivity contribution < 1.29 is 14.0 Å². The summed E-state index contributed by atoms with van der Waals surface area (Å²) in [5, 5.41) is 6.30. The van der Waals surface area contributed by atoms with E-state index in [9.17, 15) is 14.4 Å². The van der Waals surface area contributed by atoms with E-state index in [0.29, 0.717) is 39.1 Å². The quantitative estimate of drug-likeness (QED) is 0.280. The van der Waals surface area contributed by atoms with Gasteiger partial charge in [-0.25, -0.2) is 9.78 Å². The van der Waals surface area contributed by atoms with Crippen LogP contribution in [-0.2, 0) is 17.9 Å². The molecule has 3 amide bonds. The fourth-order valence-electron chi connectivity index (χ4n) is 3.23. The first kappa shape index (κ1) is 23.6. The predicted octanol–water partition coefficient (Wildman–Crippen LogP) is 4.20. The van der Waals surface area contributed by atoms with Gasteiger partial charge in [-0.3, -0.25) is 19.5 Å². The lowest BCUT2D eigenvalue weighted by atomic mass is 10.2. The lowest BCUT2D eigenvalue weighted by Gasteiger charge is -2.12. The summed E-state index contributed by atoms with van der Waals surface area (Å²) in [7, 11) is 0. The molecule has 8 nitrogen and oxygen atoms in total. The molecule has 0 aliphatic heterocycles. The first-order valence-electron chi connectivity index (χ1n) is 10.5. The van der Waals surface area contributed by atoms with Crippen molar-refractivity contribution in [3.63, 3.8) is 0 Å². The summed E-state index contributed by atoms with van der Waals surface area (Å²) in [4.78, 5) is 41.9. The summed E-state index contributed by atoms with van der Waals surface area (Å²) in [5.41, 5.74) is 1.17. The Morgan fingerprint density at radius 2 is 1.91 bits per heavy atom. The highest BCUT2D eigenvalue weighted by Crippen LogP contribution is 2.22. The topological polar surface area (TPSA) is 106 Å². The Labute approximate surface area is 204 Å². The molecule has 2 aromatic heterocycles. The van der Waals surface area contributed by atoms with Crippen molar-refractivity contribution in [3.05, 3.63) is 93.6 Å². The third kappa shape index (κ3) is 6.06. The lowest BCUT2D eigenvalue weighted by molar-refractivity contribution is -0.119. The molecule has 0 aliphatic carbocycles. The number of rotatable bonds is 8. The molecule has 4 rings (SSSR count). The van der Waals surface area contributed by atoms with Gasteiger partial charge >= 0.3 is 6.03 Å². The maximum atomic E-state index is 13.1. The fourth-order valence-corrected chi connectivity index (χ4v) is 4.33. The van der Waals surface area contributed by atoms with Gasteiger partial charge in [0.05, 0.1) is 23.7 Å². The second-order valence-corrected chi connectivity index (χ2v) is 8.84. The molecule has 174 valence electrons. The van der Waals surface area contributed by atoms with E-state index in [1.807, 2.05) is 30.3 Å². The summed E-state index contributed by atoms with van der Waals surface area (Å²) in [6.07, 6.45) is 1.60. The molecule has 34 heavy (non-hydrogen) atoms. The maximum absolute atomic E-state index is 13.1. The Hall–Kier alpha value is -3.56. The van der Waals surface area contributed by atoms with Gasteiger partial charge in [-0.2, -0.15) is 0 Å². The van der Waals surface area contributed by atoms with Gasteiger partial charge in [0.25, 0.3) is 5.56 Å². The van der Waals surface area contributed by atoms with Gasteiger partial charge in [0.15, 0.2) is 5.16 Å². The van der Waals surface area contributed by atoms with Crippen LogP contribution in [0.5, 0.6) is 0 Å². The Bertz CT molecular complexity index is 1360. The first-order valence-corrected chi connectivity index (χ1v) is 11.8. The molecule has 10 heteroatoms. The molecule has 0 fully saturated rings. The maximum Gasteiger partial charge on any atom is 0.321 e. The van der Waals surface area contributed by atoms with E-state index in [0.717, 1.165) is 5.56 Å². The van der Waals surface area contributed by atoms with Crippen LogP contribution in [0.2, 0.25) is 5.02 Å². The van der Waals surface area contributed by atoms with Gasteiger partial charge in [0.2, 0.25) is 5.91 Å². The zero-order valence-electron chi connectivity index (χ0n) is 18.0. The van der Waals surface area contributed by atoms with Crippen LogP contribution in [0, 0.1) is 0 Å². The highest BCUT2D eigenvalue weighted by molar-refractivity contribution is 7.99. The molecule has 2 N–H and O–H groups in total. The standard InChI is InChI=1S/C24H21ClN4O4S/c25-17-8-9-19-20(13-17)27-24(29(22(19)31)15-18-7-4-11-33-18)34-12-10-21(30)28-23(32)26-14-16-5-2-1-3-6-16/h1-9,11,13H,10,12,14-15H2,(H2,26,28,30,32). The van der Waals surface area contributed by atoms with Crippen LogP contribution in [0.4, 0.5) is 4.79 Å². The number of amides is 3. The number of imide groups is 1. The minimum absolute atomic E-state index is 0.0631. The smallest absolute Gasteiger partial charge is 0.321 e. The molecular weight excluding hydrogens is 476 g/mol. The van der Waals surface area contributed by atoms with E-state index >= 15 is 0 Å². The van der Waals surface area contributed by atoms with Crippen LogP contribution in [0.25, 0.3) is 10.9 Å². The second kappa shape index (κ2) is 11.0. The van der Waals surface area contributed by atoms with Gasteiger partial charge < -0.3 is 9.73 Å². The number of thioether (sulfide) groups is 1. The van der Waals surface area contributed by atoms with Crippen molar-refractivity contribution in [2.24, 2.45) is 0 Å². The van der Waals surface area contributed by atoms with E-state index in [1.54, 1.807) is 30.3 Å². The zero-order chi connectivity index (χ0) is 23.9. The van der Waals surface area contributed by atoms with Crippen LogP contribution in [0.1, 0.15) is 17.7 Å². The molecule has 0 unspecified atom stereocenters. The van der Waals surface area contributed by atoms with Crippen molar-refractivity contribution in [2.75, 3.05) is 5.75 Å². The number of hydrogen-bond acceptors (Lipinski definition) is 6. The predicted molar refractivity (Wildman–Crippen MR) is 131 cm³/mol. The molecule has 2 heterocycles. The van der Waals surface area contributed by atoms with Crippen molar-refractivity contribution in [1.29, 1.82) is 0 Å². The largest absolute Gasteiger partial charge is 0.467 e. The number of urea groups is 1.